The monoisotopic (exact) mass is 261 g/mol. The van der Waals surface area contributed by atoms with Crippen LogP contribution in [0.15, 0.2) is 29.2 Å². The highest BCUT2D eigenvalue weighted by Gasteiger charge is 2.33. The number of hydrogen-bond donors (Lipinski definition) is 1. The molecule has 1 nitrogen and oxygen atoms in total. The number of benzene rings is 1. The van der Waals surface area contributed by atoms with Gasteiger partial charge in [-0.1, -0.05) is 12.1 Å². The minimum absolute atomic E-state index is 0.243. The number of halogens is 3. The third-order valence-electron chi connectivity index (χ3n) is 2.74. The quantitative estimate of drug-likeness (QED) is 0.873. The van der Waals surface area contributed by atoms with Crippen LogP contribution in [0.5, 0.6) is 0 Å². The minimum atomic E-state index is -4.26. The maximum atomic E-state index is 12.8. The van der Waals surface area contributed by atoms with Crippen LogP contribution in [0, 0.1) is 0 Å². The van der Waals surface area contributed by atoms with E-state index < -0.39 is 11.7 Å². The number of piperidine rings is 1. The Hall–Kier alpha value is -0.680. The highest BCUT2D eigenvalue weighted by atomic mass is 32.2. The summed E-state index contributed by atoms with van der Waals surface area (Å²) in [4.78, 5) is 0.341. The molecule has 1 unspecified atom stereocenters. The van der Waals surface area contributed by atoms with Crippen molar-refractivity contribution >= 4 is 11.8 Å². The predicted octanol–water partition coefficient (Wildman–Crippen LogP) is 3.55. The van der Waals surface area contributed by atoms with Crippen molar-refractivity contribution in [2.75, 3.05) is 13.1 Å². The second-order valence-corrected chi connectivity index (χ2v) is 5.42. The van der Waals surface area contributed by atoms with E-state index in [1.54, 1.807) is 12.1 Å². The van der Waals surface area contributed by atoms with E-state index in [-0.39, 0.29) is 5.25 Å². The lowest BCUT2D eigenvalue weighted by molar-refractivity contribution is -0.139. The van der Waals surface area contributed by atoms with Crippen molar-refractivity contribution in [3.05, 3.63) is 29.8 Å². The maximum Gasteiger partial charge on any atom is 0.417 e. The van der Waals surface area contributed by atoms with Crippen molar-refractivity contribution in [3.63, 3.8) is 0 Å². The molecule has 5 heteroatoms. The Balaban J connectivity index is 2.14. The molecule has 94 valence electrons. The van der Waals surface area contributed by atoms with Crippen molar-refractivity contribution in [2.24, 2.45) is 0 Å². The standard InChI is InChI=1S/C12H14F3NS/c13-12(14,15)10-5-1-2-6-11(10)17-9-4-3-7-16-8-9/h1-2,5-6,9,16H,3-4,7-8H2. The van der Waals surface area contributed by atoms with Crippen molar-refractivity contribution in [1.29, 1.82) is 0 Å². The van der Waals surface area contributed by atoms with Crippen LogP contribution >= 0.6 is 11.8 Å². The van der Waals surface area contributed by atoms with E-state index in [9.17, 15) is 13.2 Å². The van der Waals surface area contributed by atoms with Gasteiger partial charge in [-0.05, 0) is 31.5 Å². The Morgan fingerprint density at radius 2 is 2.00 bits per heavy atom. The summed E-state index contributed by atoms with van der Waals surface area (Å²) in [6, 6.07) is 5.81. The first kappa shape index (κ1) is 12.8. The third kappa shape index (κ3) is 3.39. The van der Waals surface area contributed by atoms with Crippen molar-refractivity contribution in [1.82, 2.24) is 5.32 Å². The molecule has 1 aliphatic rings. The lowest BCUT2D eigenvalue weighted by Gasteiger charge is -2.23. The van der Waals surface area contributed by atoms with Gasteiger partial charge in [0.05, 0.1) is 5.56 Å². The zero-order valence-electron chi connectivity index (χ0n) is 9.26. The van der Waals surface area contributed by atoms with Crippen LogP contribution in [0.3, 0.4) is 0 Å². The Morgan fingerprint density at radius 1 is 1.24 bits per heavy atom. The highest BCUT2D eigenvalue weighted by Crippen LogP contribution is 2.38. The van der Waals surface area contributed by atoms with Crippen molar-refractivity contribution in [2.45, 2.75) is 29.2 Å². The van der Waals surface area contributed by atoms with Gasteiger partial charge < -0.3 is 5.32 Å². The second kappa shape index (κ2) is 5.31. The van der Waals surface area contributed by atoms with E-state index in [0.717, 1.165) is 32.0 Å². The van der Waals surface area contributed by atoms with Gasteiger partial charge in [0.2, 0.25) is 0 Å². The predicted molar refractivity (Wildman–Crippen MR) is 63.2 cm³/mol. The molecule has 0 amide bonds. The number of rotatable bonds is 2. The molecule has 1 aromatic carbocycles. The molecule has 1 saturated heterocycles. The molecular weight excluding hydrogens is 247 g/mol. The van der Waals surface area contributed by atoms with E-state index in [4.69, 9.17) is 0 Å². The lowest BCUT2D eigenvalue weighted by Crippen LogP contribution is -2.31. The first-order valence-corrected chi connectivity index (χ1v) is 6.49. The normalized spacial score (nSPS) is 21.5. The molecule has 0 spiro atoms. The van der Waals surface area contributed by atoms with Gasteiger partial charge in [-0.2, -0.15) is 13.2 Å². The Morgan fingerprint density at radius 3 is 2.65 bits per heavy atom. The van der Waals surface area contributed by atoms with Crippen LogP contribution in [-0.2, 0) is 6.18 Å². The van der Waals surface area contributed by atoms with Crippen LogP contribution < -0.4 is 5.32 Å². The zero-order valence-corrected chi connectivity index (χ0v) is 10.1. The SMILES string of the molecule is FC(F)(F)c1ccccc1SC1CCCNC1. The molecule has 1 fully saturated rings. The summed E-state index contributed by atoms with van der Waals surface area (Å²) >= 11 is 1.34. The second-order valence-electron chi connectivity index (χ2n) is 4.08. The largest absolute Gasteiger partial charge is 0.417 e. The fourth-order valence-electron chi connectivity index (χ4n) is 1.90. The van der Waals surface area contributed by atoms with E-state index in [1.807, 2.05) is 0 Å². The first-order chi connectivity index (χ1) is 8.07. The Kier molecular flexibility index (Phi) is 3.99. The summed E-state index contributed by atoms with van der Waals surface area (Å²) in [5.41, 5.74) is -0.518. The van der Waals surface area contributed by atoms with Crippen LogP contribution in [0.1, 0.15) is 18.4 Å². The summed E-state index contributed by atoms with van der Waals surface area (Å²) in [5, 5.41) is 3.45. The van der Waals surface area contributed by atoms with Crippen molar-refractivity contribution < 1.29 is 13.2 Å². The van der Waals surface area contributed by atoms with Gasteiger partial charge >= 0.3 is 6.18 Å². The Bertz CT molecular complexity index is 372. The molecular formula is C12H14F3NS. The molecule has 1 N–H and O–H groups in total. The average Bonchev–Trinajstić information content (AvgIpc) is 2.30. The van der Waals surface area contributed by atoms with Crippen LogP contribution in [0.25, 0.3) is 0 Å². The first-order valence-electron chi connectivity index (χ1n) is 5.61. The molecule has 1 heterocycles. The molecule has 1 aliphatic heterocycles. The number of alkyl halides is 3. The number of nitrogens with one attached hydrogen (secondary N) is 1. The lowest BCUT2D eigenvalue weighted by atomic mass is 10.2. The van der Waals surface area contributed by atoms with Crippen molar-refractivity contribution in [3.8, 4) is 0 Å². The van der Waals surface area contributed by atoms with Gasteiger partial charge in [0.15, 0.2) is 0 Å². The van der Waals surface area contributed by atoms with Crippen LogP contribution in [-0.4, -0.2) is 18.3 Å². The van der Waals surface area contributed by atoms with E-state index in [1.165, 1.54) is 17.8 Å². The fraction of sp³-hybridized carbons (Fsp3) is 0.500. The fourth-order valence-corrected chi connectivity index (χ4v) is 3.22. The molecule has 0 aliphatic carbocycles. The number of hydrogen-bond acceptors (Lipinski definition) is 2. The van der Waals surface area contributed by atoms with Gasteiger partial charge in [-0.25, -0.2) is 0 Å². The third-order valence-corrected chi connectivity index (χ3v) is 4.08. The van der Waals surface area contributed by atoms with Crippen LogP contribution in [0.4, 0.5) is 13.2 Å². The molecule has 0 radical (unpaired) electrons. The van der Waals surface area contributed by atoms with Gasteiger partial charge in [0.1, 0.15) is 0 Å². The molecule has 0 aromatic heterocycles. The summed E-state index contributed by atoms with van der Waals surface area (Å²) < 4.78 is 38.3. The van der Waals surface area contributed by atoms with Gasteiger partial charge in [-0.3, -0.25) is 0 Å². The topological polar surface area (TPSA) is 12.0 Å². The van der Waals surface area contributed by atoms with E-state index >= 15 is 0 Å². The molecule has 1 atom stereocenters. The maximum absolute atomic E-state index is 12.8. The smallest absolute Gasteiger partial charge is 0.316 e. The van der Waals surface area contributed by atoms with Gasteiger partial charge in [-0.15, -0.1) is 11.8 Å². The van der Waals surface area contributed by atoms with E-state index in [2.05, 4.69) is 5.32 Å². The Labute approximate surface area is 103 Å². The van der Waals surface area contributed by atoms with E-state index in [0.29, 0.717) is 4.90 Å². The zero-order chi connectivity index (χ0) is 12.3. The summed E-state index contributed by atoms with van der Waals surface area (Å²) in [6.07, 6.45) is -2.25. The highest BCUT2D eigenvalue weighted by molar-refractivity contribution is 8.00. The average molecular weight is 261 g/mol. The molecule has 17 heavy (non-hydrogen) atoms. The molecule has 0 bridgehead atoms. The number of thioether (sulfide) groups is 1. The summed E-state index contributed by atoms with van der Waals surface area (Å²) in [5.74, 6) is 0. The van der Waals surface area contributed by atoms with Gasteiger partial charge in [0.25, 0.3) is 0 Å². The van der Waals surface area contributed by atoms with Crippen LogP contribution in [0.2, 0.25) is 0 Å². The molecule has 1 aromatic rings. The summed E-state index contributed by atoms with van der Waals surface area (Å²) in [6.45, 7) is 1.76. The molecule has 2 rings (SSSR count). The van der Waals surface area contributed by atoms with Gasteiger partial charge in [0, 0.05) is 16.7 Å². The summed E-state index contributed by atoms with van der Waals surface area (Å²) in [7, 11) is 0. The molecule has 0 saturated carbocycles. The minimum Gasteiger partial charge on any atom is -0.316 e.